The van der Waals surface area contributed by atoms with E-state index in [1.54, 1.807) is 67.3 Å². The van der Waals surface area contributed by atoms with E-state index in [1.165, 1.54) is 0 Å². The van der Waals surface area contributed by atoms with Crippen molar-refractivity contribution in [3.8, 4) is 11.5 Å². The number of ether oxygens (including phenoxy) is 1. The van der Waals surface area contributed by atoms with Crippen molar-refractivity contribution in [3.05, 3.63) is 71.4 Å². The largest absolute Gasteiger partial charge is 0.457 e. The van der Waals surface area contributed by atoms with Gasteiger partial charge < -0.3 is 9.64 Å². The van der Waals surface area contributed by atoms with E-state index in [1.807, 2.05) is 31.9 Å². The Morgan fingerprint density at radius 3 is 2.71 bits per heavy atom. The van der Waals surface area contributed by atoms with Crippen LogP contribution in [0.3, 0.4) is 0 Å². The Balaban J connectivity index is 1.88. The molecule has 2 aromatic carbocycles. The summed E-state index contributed by atoms with van der Waals surface area (Å²) >= 11 is 6.41. The van der Waals surface area contributed by atoms with Crippen LogP contribution in [0, 0.1) is 6.92 Å². The molecule has 0 amide bonds. The van der Waals surface area contributed by atoms with Gasteiger partial charge in [-0.25, -0.2) is 14.2 Å². The summed E-state index contributed by atoms with van der Waals surface area (Å²) in [5, 5.41) is 0.488. The average Bonchev–Trinajstić information content (AvgIpc) is 2.75. The number of hydrogen-bond acceptors (Lipinski definition) is 5. The number of halogens is 1. The Bertz CT molecular complexity index is 1210. The summed E-state index contributed by atoms with van der Waals surface area (Å²) in [4.78, 5) is 11.1. The number of aliphatic imine (C=N–C) groups is 1. The highest BCUT2D eigenvalue weighted by atomic mass is 35.5. The van der Waals surface area contributed by atoms with Gasteiger partial charge in [0.2, 0.25) is 0 Å². The van der Waals surface area contributed by atoms with Gasteiger partial charge in [-0.15, -0.1) is 0 Å². The quantitative estimate of drug-likeness (QED) is 0.312. The van der Waals surface area contributed by atoms with Gasteiger partial charge in [-0.3, -0.25) is 0 Å². The van der Waals surface area contributed by atoms with E-state index < -0.39 is 9.73 Å². The van der Waals surface area contributed by atoms with Crippen molar-refractivity contribution in [3.63, 3.8) is 0 Å². The summed E-state index contributed by atoms with van der Waals surface area (Å²) in [5.74, 6) is 1.58. The lowest BCUT2D eigenvalue weighted by atomic mass is 10.2. The number of rotatable bonds is 7. The molecule has 0 aliphatic heterocycles. The zero-order chi connectivity index (χ0) is 22.4. The van der Waals surface area contributed by atoms with Gasteiger partial charge in [0.25, 0.3) is 0 Å². The molecule has 0 saturated carbocycles. The second-order valence-corrected chi connectivity index (χ2v) is 9.71. The van der Waals surface area contributed by atoms with Crippen molar-refractivity contribution in [1.29, 1.82) is 0 Å². The van der Waals surface area contributed by atoms with Gasteiger partial charge >= 0.3 is 0 Å². The van der Waals surface area contributed by atoms with Crippen LogP contribution in [-0.4, -0.2) is 40.3 Å². The zero-order valence-electron chi connectivity index (χ0n) is 17.9. The van der Waals surface area contributed by atoms with Crippen molar-refractivity contribution < 1.29 is 8.95 Å². The monoisotopic (exact) mass is 456 g/mol. The molecule has 0 aliphatic carbocycles. The lowest BCUT2D eigenvalue weighted by molar-refractivity contribution is 0.477. The molecule has 0 bridgehead atoms. The molecule has 0 aliphatic rings. The maximum Gasteiger partial charge on any atom is 0.161 e. The topological polar surface area (TPSA) is 67.2 Å². The summed E-state index contributed by atoms with van der Waals surface area (Å²) < 4.78 is 23.5. The van der Waals surface area contributed by atoms with Crippen LogP contribution >= 0.6 is 11.6 Å². The third-order valence-corrected chi connectivity index (χ3v) is 6.49. The minimum Gasteiger partial charge on any atom is -0.457 e. The number of aryl methyl sites for hydroxylation is 1. The van der Waals surface area contributed by atoms with Crippen LogP contribution in [0.4, 0.5) is 11.5 Å². The molecule has 1 aromatic heterocycles. The van der Waals surface area contributed by atoms with E-state index in [4.69, 9.17) is 16.3 Å². The lowest BCUT2D eigenvalue weighted by Crippen LogP contribution is -2.14. The fraction of sp³-hybridized carbons (Fsp3) is 0.217. The second-order valence-electron chi connectivity index (χ2n) is 7.05. The summed E-state index contributed by atoms with van der Waals surface area (Å²) in [6.07, 6.45) is 4.95. The molecule has 162 valence electrons. The molecule has 3 aromatic rings. The Morgan fingerprint density at radius 1 is 1.19 bits per heavy atom. The van der Waals surface area contributed by atoms with Crippen LogP contribution in [0.1, 0.15) is 12.5 Å². The highest BCUT2D eigenvalue weighted by Crippen LogP contribution is 2.35. The minimum absolute atomic E-state index is 0.425. The standard InChI is InChI=1S/C23H25ClN4O2S/c1-5-28(3)16-26-21-13-17(2)22(15-20(21)24)30-18-9-8-10-19(14-18)31(4,29)27-23-11-6-7-12-25-23/h6-16H,5H2,1-4H3/b26-16-. The molecular formula is C23H25ClN4O2S. The molecule has 31 heavy (non-hydrogen) atoms. The fourth-order valence-corrected chi connectivity index (χ4v) is 4.08. The number of nitrogens with zero attached hydrogens (tertiary/aromatic N) is 4. The normalized spacial score (nSPS) is 13.1. The van der Waals surface area contributed by atoms with Crippen molar-refractivity contribution in [1.82, 2.24) is 9.88 Å². The number of aromatic nitrogens is 1. The summed E-state index contributed by atoms with van der Waals surface area (Å²) in [5.41, 5.74) is 1.56. The van der Waals surface area contributed by atoms with E-state index in [-0.39, 0.29) is 0 Å². The third-order valence-electron chi connectivity index (χ3n) is 4.52. The van der Waals surface area contributed by atoms with Crippen molar-refractivity contribution >= 4 is 39.2 Å². The van der Waals surface area contributed by atoms with Gasteiger partial charge in [-0.2, -0.15) is 4.36 Å². The molecule has 8 heteroatoms. The first-order valence-electron chi connectivity index (χ1n) is 9.74. The Labute approximate surface area is 188 Å². The zero-order valence-corrected chi connectivity index (χ0v) is 19.5. The molecule has 0 fully saturated rings. The SMILES string of the molecule is CCN(C)/C=N\c1cc(C)c(Oc2cccc(S(C)(=O)=Nc3ccccn3)c2)cc1Cl. The molecule has 6 nitrogen and oxygen atoms in total. The molecule has 0 radical (unpaired) electrons. The van der Waals surface area contributed by atoms with Crippen LogP contribution in [0.15, 0.2) is 75.0 Å². The number of benzene rings is 2. The molecule has 0 spiro atoms. The highest BCUT2D eigenvalue weighted by molar-refractivity contribution is 7.93. The van der Waals surface area contributed by atoms with Gasteiger partial charge in [-0.1, -0.05) is 23.7 Å². The predicted octanol–water partition coefficient (Wildman–Crippen LogP) is 6.24. The molecule has 3 rings (SSSR count). The van der Waals surface area contributed by atoms with Gasteiger partial charge in [0.05, 0.1) is 31.7 Å². The second kappa shape index (κ2) is 9.94. The van der Waals surface area contributed by atoms with E-state index in [0.717, 1.165) is 12.1 Å². The van der Waals surface area contributed by atoms with E-state index in [2.05, 4.69) is 14.3 Å². The number of hydrogen-bond donors (Lipinski definition) is 0. The van der Waals surface area contributed by atoms with Crippen LogP contribution < -0.4 is 4.74 Å². The van der Waals surface area contributed by atoms with Crippen LogP contribution in [0.5, 0.6) is 11.5 Å². The predicted molar refractivity (Wildman–Crippen MR) is 128 cm³/mol. The third kappa shape index (κ3) is 6.06. The van der Waals surface area contributed by atoms with Gasteiger partial charge in [0.1, 0.15) is 11.5 Å². The summed E-state index contributed by atoms with van der Waals surface area (Å²) in [7, 11) is -0.743. The molecule has 1 unspecified atom stereocenters. The maximum absolute atomic E-state index is 13.2. The number of pyridine rings is 1. The van der Waals surface area contributed by atoms with E-state index in [9.17, 15) is 4.21 Å². The Hall–Kier alpha value is -2.90. The molecule has 0 N–H and O–H groups in total. The summed E-state index contributed by atoms with van der Waals surface area (Å²) in [6, 6.07) is 16.0. The van der Waals surface area contributed by atoms with Crippen molar-refractivity contribution in [2.75, 3.05) is 19.8 Å². The highest BCUT2D eigenvalue weighted by Gasteiger charge is 2.11. The summed E-state index contributed by atoms with van der Waals surface area (Å²) in [6.45, 7) is 4.82. The van der Waals surface area contributed by atoms with Gasteiger partial charge in [-0.05, 0) is 55.8 Å². The lowest BCUT2D eigenvalue weighted by Gasteiger charge is -2.13. The van der Waals surface area contributed by atoms with Crippen LogP contribution in [0.25, 0.3) is 0 Å². The first kappa shape index (κ1) is 22.8. The molecule has 0 saturated heterocycles. The van der Waals surface area contributed by atoms with Gasteiger partial charge in [0, 0.05) is 32.1 Å². The smallest absolute Gasteiger partial charge is 0.161 e. The van der Waals surface area contributed by atoms with Crippen LogP contribution in [-0.2, 0) is 9.73 Å². The minimum atomic E-state index is -2.69. The molecule has 1 atom stereocenters. The van der Waals surface area contributed by atoms with Gasteiger partial charge in [0.15, 0.2) is 5.82 Å². The van der Waals surface area contributed by atoms with Crippen molar-refractivity contribution in [2.45, 2.75) is 18.7 Å². The first-order chi connectivity index (χ1) is 14.8. The first-order valence-corrected chi connectivity index (χ1v) is 12.0. The average molecular weight is 457 g/mol. The fourth-order valence-electron chi connectivity index (χ4n) is 2.64. The van der Waals surface area contributed by atoms with Crippen molar-refractivity contribution in [2.24, 2.45) is 9.36 Å². The van der Waals surface area contributed by atoms with Crippen LogP contribution in [0.2, 0.25) is 5.02 Å². The van der Waals surface area contributed by atoms with E-state index in [0.29, 0.717) is 32.9 Å². The Morgan fingerprint density at radius 2 is 2.00 bits per heavy atom. The maximum atomic E-state index is 13.2. The molecular weight excluding hydrogens is 432 g/mol. The molecule has 1 heterocycles. The Kier molecular flexibility index (Phi) is 7.30. The van der Waals surface area contributed by atoms with E-state index >= 15 is 0 Å².